The first-order valence-corrected chi connectivity index (χ1v) is 7.08. The van der Waals surface area contributed by atoms with Crippen LogP contribution in [0.15, 0.2) is 36.5 Å². The lowest BCUT2D eigenvalue weighted by molar-refractivity contribution is -0.206. The van der Waals surface area contributed by atoms with Gasteiger partial charge in [-0.2, -0.15) is 13.2 Å². The number of hydrogen-bond donors (Lipinski definition) is 2. The smallest absolute Gasteiger partial charge is 0.421 e. The van der Waals surface area contributed by atoms with Crippen molar-refractivity contribution >= 4 is 17.8 Å². The van der Waals surface area contributed by atoms with Gasteiger partial charge in [0.2, 0.25) is 5.54 Å². The normalized spacial score (nSPS) is 23.2. The molecule has 2 N–H and O–H groups in total. The van der Waals surface area contributed by atoms with Gasteiger partial charge in [-0.1, -0.05) is 24.3 Å². The first-order valence-electron chi connectivity index (χ1n) is 7.08. The molecule has 2 atom stereocenters. The average Bonchev–Trinajstić information content (AvgIpc) is 2.77. The highest BCUT2D eigenvalue weighted by Gasteiger charge is 2.72. The molecule has 9 heteroatoms. The topological polar surface area (TPSA) is 84.5 Å². The van der Waals surface area contributed by atoms with E-state index in [0.717, 1.165) is 7.11 Å². The number of esters is 1. The number of aryl methyl sites for hydroxylation is 1. The summed E-state index contributed by atoms with van der Waals surface area (Å²) in [5.41, 5.74) is -3.45. The number of carbonyl (C=O) groups excluding carboxylic acids is 3. The molecule has 0 aliphatic carbocycles. The molecule has 2 rings (SSSR count). The van der Waals surface area contributed by atoms with Crippen LogP contribution in [0.2, 0.25) is 0 Å². The van der Waals surface area contributed by atoms with E-state index in [2.05, 4.69) is 11.3 Å². The Hall–Kier alpha value is -2.84. The molecular weight excluding hydrogens is 341 g/mol. The summed E-state index contributed by atoms with van der Waals surface area (Å²) in [5.74, 6) is -6.23. The highest BCUT2D eigenvalue weighted by molar-refractivity contribution is 6.05. The quantitative estimate of drug-likeness (QED) is 0.803. The number of amides is 2. The molecule has 6 nitrogen and oxygen atoms in total. The van der Waals surface area contributed by atoms with Crippen LogP contribution < -0.4 is 10.6 Å². The molecule has 1 saturated heterocycles. The summed E-state index contributed by atoms with van der Waals surface area (Å²) in [5, 5.41) is 3.56. The summed E-state index contributed by atoms with van der Waals surface area (Å²) in [6, 6.07) is 5.78. The highest BCUT2D eigenvalue weighted by atomic mass is 19.4. The second kappa shape index (κ2) is 6.23. The lowest BCUT2D eigenvalue weighted by atomic mass is 9.83. The third kappa shape index (κ3) is 2.97. The molecule has 0 spiro atoms. The Bertz CT molecular complexity index is 760. The second-order valence-electron chi connectivity index (χ2n) is 5.56. The van der Waals surface area contributed by atoms with E-state index >= 15 is 0 Å². The van der Waals surface area contributed by atoms with Gasteiger partial charge in [-0.3, -0.25) is 14.4 Å². The summed E-state index contributed by atoms with van der Waals surface area (Å²) in [4.78, 5) is 36.3. The predicted octanol–water partition coefficient (Wildman–Crippen LogP) is 1.46. The predicted molar refractivity (Wildman–Crippen MR) is 80.2 cm³/mol. The Morgan fingerprint density at radius 3 is 2.52 bits per heavy atom. The zero-order valence-electron chi connectivity index (χ0n) is 13.4. The van der Waals surface area contributed by atoms with Gasteiger partial charge in [-0.15, -0.1) is 0 Å². The van der Waals surface area contributed by atoms with Crippen molar-refractivity contribution in [1.82, 2.24) is 10.6 Å². The molecule has 1 aromatic carbocycles. The molecule has 1 fully saturated rings. The van der Waals surface area contributed by atoms with Gasteiger partial charge in [0.05, 0.1) is 7.11 Å². The Balaban J connectivity index is 2.55. The fourth-order valence-corrected chi connectivity index (χ4v) is 2.68. The summed E-state index contributed by atoms with van der Waals surface area (Å²) in [7, 11) is 0.877. The van der Waals surface area contributed by atoms with E-state index < -0.39 is 41.1 Å². The van der Waals surface area contributed by atoms with Crippen molar-refractivity contribution in [3.8, 4) is 0 Å². The standard InChI is InChI=1S/C16H15F3N2O4/c1-8-5-4-6-10(7-8)12(22)21-15(16(17,18)19)11(13(23)25-3)9(2)20-14(15)24/h4-7,11H,2H2,1,3H3,(H,20,24)(H,21,22)/t11-,15+/m1/s1. The minimum atomic E-state index is -5.27. The van der Waals surface area contributed by atoms with Gasteiger partial charge in [0, 0.05) is 11.3 Å². The van der Waals surface area contributed by atoms with Gasteiger partial charge in [0.1, 0.15) is 5.92 Å². The van der Waals surface area contributed by atoms with E-state index in [1.54, 1.807) is 18.3 Å². The number of ether oxygens (including phenoxy) is 1. The van der Waals surface area contributed by atoms with Crippen molar-refractivity contribution in [3.05, 3.63) is 47.7 Å². The van der Waals surface area contributed by atoms with E-state index in [9.17, 15) is 27.6 Å². The fraction of sp³-hybridized carbons (Fsp3) is 0.312. The third-order valence-corrected chi connectivity index (χ3v) is 3.89. The van der Waals surface area contributed by atoms with E-state index in [1.807, 2.05) is 5.32 Å². The third-order valence-electron chi connectivity index (χ3n) is 3.89. The van der Waals surface area contributed by atoms with Gasteiger partial charge >= 0.3 is 12.1 Å². The lowest BCUT2D eigenvalue weighted by Gasteiger charge is -2.33. The van der Waals surface area contributed by atoms with Crippen molar-refractivity contribution < 1.29 is 32.3 Å². The van der Waals surface area contributed by atoms with Crippen LogP contribution >= 0.6 is 0 Å². The molecule has 0 radical (unpaired) electrons. The number of hydrogen-bond acceptors (Lipinski definition) is 4. The van der Waals surface area contributed by atoms with Gasteiger partial charge in [-0.25, -0.2) is 0 Å². The Kier molecular flexibility index (Phi) is 4.61. The largest absolute Gasteiger partial charge is 0.468 e. The lowest BCUT2D eigenvalue weighted by Crippen LogP contribution is -2.67. The summed E-state index contributed by atoms with van der Waals surface area (Å²) >= 11 is 0. The molecule has 0 aromatic heterocycles. The first-order chi connectivity index (χ1) is 11.5. The van der Waals surface area contributed by atoms with Gasteiger partial charge < -0.3 is 15.4 Å². The van der Waals surface area contributed by atoms with Gasteiger partial charge in [0.15, 0.2) is 0 Å². The van der Waals surface area contributed by atoms with Crippen molar-refractivity contribution in [2.75, 3.05) is 7.11 Å². The van der Waals surface area contributed by atoms with Crippen LogP contribution in [-0.4, -0.2) is 36.6 Å². The van der Waals surface area contributed by atoms with Crippen LogP contribution in [0.5, 0.6) is 0 Å². The molecule has 0 bridgehead atoms. The van der Waals surface area contributed by atoms with E-state index in [1.165, 1.54) is 18.2 Å². The van der Waals surface area contributed by atoms with E-state index in [4.69, 9.17) is 0 Å². The molecule has 0 saturated carbocycles. The monoisotopic (exact) mass is 356 g/mol. The summed E-state index contributed by atoms with van der Waals surface area (Å²) in [6.07, 6.45) is -5.27. The first kappa shape index (κ1) is 18.5. The van der Waals surface area contributed by atoms with Crippen molar-refractivity contribution in [2.45, 2.75) is 18.6 Å². The van der Waals surface area contributed by atoms with E-state index in [-0.39, 0.29) is 5.56 Å². The molecule has 2 amide bonds. The van der Waals surface area contributed by atoms with Crippen molar-refractivity contribution in [2.24, 2.45) is 5.92 Å². The maximum absolute atomic E-state index is 13.8. The molecule has 1 aromatic rings. The van der Waals surface area contributed by atoms with Gasteiger partial charge in [-0.05, 0) is 19.1 Å². The maximum Gasteiger partial charge on any atom is 0.421 e. The van der Waals surface area contributed by atoms with Crippen LogP contribution in [0.1, 0.15) is 15.9 Å². The van der Waals surface area contributed by atoms with Gasteiger partial charge in [0.25, 0.3) is 11.8 Å². The molecule has 1 aliphatic rings. The minimum Gasteiger partial charge on any atom is -0.468 e. The highest BCUT2D eigenvalue weighted by Crippen LogP contribution is 2.43. The van der Waals surface area contributed by atoms with Crippen LogP contribution in [0.25, 0.3) is 0 Å². The Morgan fingerprint density at radius 2 is 2.00 bits per heavy atom. The molecule has 25 heavy (non-hydrogen) atoms. The molecule has 1 heterocycles. The average molecular weight is 356 g/mol. The van der Waals surface area contributed by atoms with Crippen LogP contribution in [0.3, 0.4) is 0 Å². The number of methoxy groups -OCH3 is 1. The minimum absolute atomic E-state index is 0.0856. The molecule has 134 valence electrons. The molecule has 0 unspecified atom stereocenters. The number of nitrogens with one attached hydrogen (secondary N) is 2. The molecule has 1 aliphatic heterocycles. The van der Waals surface area contributed by atoms with Crippen molar-refractivity contribution in [3.63, 3.8) is 0 Å². The SMILES string of the molecule is C=C1NC(=O)[C@](NC(=O)c2cccc(C)c2)(C(F)(F)F)[C@H]1C(=O)OC. The van der Waals surface area contributed by atoms with Crippen molar-refractivity contribution in [1.29, 1.82) is 0 Å². The second-order valence-corrected chi connectivity index (χ2v) is 5.56. The van der Waals surface area contributed by atoms with Crippen LogP contribution in [-0.2, 0) is 14.3 Å². The summed E-state index contributed by atoms with van der Waals surface area (Å²) in [6.45, 7) is 4.92. The fourth-order valence-electron chi connectivity index (χ4n) is 2.68. The Morgan fingerprint density at radius 1 is 1.36 bits per heavy atom. The number of carbonyl (C=O) groups is 3. The summed E-state index contributed by atoms with van der Waals surface area (Å²) < 4.78 is 45.8. The number of halogens is 3. The number of rotatable bonds is 3. The van der Waals surface area contributed by atoms with Crippen LogP contribution in [0.4, 0.5) is 13.2 Å². The van der Waals surface area contributed by atoms with E-state index in [0.29, 0.717) is 5.56 Å². The number of alkyl halides is 3. The van der Waals surface area contributed by atoms with Crippen LogP contribution in [0, 0.1) is 12.8 Å². The number of benzene rings is 1. The zero-order valence-corrected chi connectivity index (χ0v) is 13.4. The maximum atomic E-state index is 13.8. The zero-order chi connectivity index (χ0) is 19.0. The Labute approximate surface area is 141 Å². The molecular formula is C16H15F3N2O4.